The normalized spacial score (nSPS) is 14.2. The first-order chi connectivity index (χ1) is 16.8. The van der Waals surface area contributed by atoms with Crippen molar-refractivity contribution >= 4 is 22.8 Å². The van der Waals surface area contributed by atoms with Crippen molar-refractivity contribution in [3.63, 3.8) is 0 Å². The number of imidazole rings is 1. The van der Waals surface area contributed by atoms with Gasteiger partial charge in [0.25, 0.3) is 5.56 Å². The molecule has 1 fully saturated rings. The highest BCUT2D eigenvalue weighted by atomic mass is 16.2. The van der Waals surface area contributed by atoms with Crippen molar-refractivity contribution in [1.82, 2.24) is 38.3 Å². The van der Waals surface area contributed by atoms with E-state index in [0.717, 1.165) is 27.5 Å². The third-order valence-corrected chi connectivity index (χ3v) is 6.59. The number of carbonyl (C=O) groups is 1. The number of rotatable bonds is 4. The van der Waals surface area contributed by atoms with Gasteiger partial charge in [-0.15, -0.1) is 0 Å². The Kier molecular flexibility index (Phi) is 5.50. The molecular formula is C23H27N9O3. The fraction of sp³-hybridized carbons (Fsp3) is 0.391. The maximum atomic E-state index is 13.1. The molecular weight excluding hydrogens is 450 g/mol. The number of aromatic nitrogens is 7. The summed E-state index contributed by atoms with van der Waals surface area (Å²) in [5.41, 5.74) is 2.59. The maximum Gasteiger partial charge on any atom is 0.332 e. The number of fused-ring (bicyclic) bond motifs is 1. The molecule has 0 N–H and O–H groups in total. The van der Waals surface area contributed by atoms with Crippen LogP contribution in [0.2, 0.25) is 0 Å². The molecule has 182 valence electrons. The lowest BCUT2D eigenvalue weighted by Crippen LogP contribution is -2.50. The Bertz CT molecular complexity index is 1540. The van der Waals surface area contributed by atoms with Crippen LogP contribution in [0.3, 0.4) is 0 Å². The summed E-state index contributed by atoms with van der Waals surface area (Å²) in [5.74, 6) is 0.668. The van der Waals surface area contributed by atoms with Crippen molar-refractivity contribution < 1.29 is 4.79 Å². The average Bonchev–Trinajstić information content (AvgIpc) is 3.42. The van der Waals surface area contributed by atoms with Crippen LogP contribution in [0.1, 0.15) is 11.4 Å². The highest BCUT2D eigenvalue weighted by Gasteiger charge is 2.26. The summed E-state index contributed by atoms with van der Waals surface area (Å²) in [6.45, 7) is 6.44. The summed E-state index contributed by atoms with van der Waals surface area (Å²) < 4.78 is 5.71. The smallest absolute Gasteiger partial charge is 0.332 e. The van der Waals surface area contributed by atoms with Crippen molar-refractivity contribution in [2.24, 2.45) is 14.1 Å². The molecule has 0 radical (unpaired) electrons. The zero-order chi connectivity index (χ0) is 24.9. The summed E-state index contributed by atoms with van der Waals surface area (Å²) in [6.07, 6.45) is 3.19. The van der Waals surface area contributed by atoms with Crippen molar-refractivity contribution in [3.8, 4) is 5.82 Å². The molecule has 12 heteroatoms. The highest BCUT2D eigenvalue weighted by molar-refractivity contribution is 5.79. The van der Waals surface area contributed by atoms with Crippen LogP contribution in [-0.4, -0.2) is 70.4 Å². The molecule has 1 amide bonds. The topological polar surface area (TPSA) is 116 Å². The van der Waals surface area contributed by atoms with Gasteiger partial charge in [-0.25, -0.2) is 19.4 Å². The molecule has 1 aliphatic heterocycles. The Morgan fingerprint density at radius 2 is 1.74 bits per heavy atom. The van der Waals surface area contributed by atoms with Gasteiger partial charge < -0.3 is 14.4 Å². The van der Waals surface area contributed by atoms with Gasteiger partial charge in [-0.3, -0.25) is 18.7 Å². The molecule has 0 aliphatic carbocycles. The van der Waals surface area contributed by atoms with Gasteiger partial charge in [0.2, 0.25) is 5.91 Å². The quantitative estimate of drug-likeness (QED) is 0.406. The zero-order valence-electron chi connectivity index (χ0n) is 20.2. The standard InChI is InChI=1S/C23H27N9O3/c1-15-19(16(2)32(26-15)17-7-5-6-8-24-17)30-11-9-29(10-12-30)18(33)13-31-14-25-21-20(31)22(34)28(4)23(35)27(21)3/h5-8,14H,9-13H2,1-4H3. The number of amides is 1. The van der Waals surface area contributed by atoms with Crippen molar-refractivity contribution in [3.05, 3.63) is 62.9 Å². The molecule has 1 saturated heterocycles. The van der Waals surface area contributed by atoms with E-state index in [9.17, 15) is 14.4 Å². The predicted octanol–water partition coefficient (Wildman–Crippen LogP) is -0.0200. The van der Waals surface area contributed by atoms with Crippen molar-refractivity contribution in [2.45, 2.75) is 20.4 Å². The minimum absolute atomic E-state index is 0.0143. The van der Waals surface area contributed by atoms with E-state index in [1.807, 2.05) is 36.7 Å². The third-order valence-electron chi connectivity index (χ3n) is 6.59. The van der Waals surface area contributed by atoms with E-state index >= 15 is 0 Å². The Balaban J connectivity index is 1.31. The SMILES string of the molecule is Cc1nn(-c2ccccn2)c(C)c1N1CCN(C(=O)Cn2cnc3c2c(=O)n(C)c(=O)n3C)CC1. The van der Waals surface area contributed by atoms with E-state index in [1.54, 1.807) is 18.1 Å². The van der Waals surface area contributed by atoms with E-state index in [4.69, 9.17) is 0 Å². The lowest BCUT2D eigenvalue weighted by atomic mass is 10.2. The molecule has 5 heterocycles. The number of hydrogen-bond acceptors (Lipinski definition) is 7. The fourth-order valence-electron chi connectivity index (χ4n) is 4.74. The molecule has 35 heavy (non-hydrogen) atoms. The second-order valence-corrected chi connectivity index (χ2v) is 8.74. The lowest BCUT2D eigenvalue weighted by Gasteiger charge is -2.36. The minimum Gasteiger partial charge on any atom is -0.365 e. The lowest BCUT2D eigenvalue weighted by molar-refractivity contribution is -0.132. The van der Waals surface area contributed by atoms with Crippen LogP contribution in [0.25, 0.3) is 17.0 Å². The molecule has 0 bridgehead atoms. The van der Waals surface area contributed by atoms with Crippen molar-refractivity contribution in [1.29, 1.82) is 0 Å². The number of piperazine rings is 1. The molecule has 4 aromatic heterocycles. The van der Waals surface area contributed by atoms with Crippen LogP contribution in [0.5, 0.6) is 0 Å². The number of carbonyl (C=O) groups excluding carboxylic acids is 1. The first-order valence-electron chi connectivity index (χ1n) is 11.4. The molecule has 1 aliphatic rings. The van der Waals surface area contributed by atoms with E-state index < -0.39 is 11.2 Å². The summed E-state index contributed by atoms with van der Waals surface area (Å²) in [7, 11) is 2.98. The number of pyridine rings is 1. The first-order valence-corrected chi connectivity index (χ1v) is 11.4. The van der Waals surface area contributed by atoms with Crippen LogP contribution in [0, 0.1) is 13.8 Å². The van der Waals surface area contributed by atoms with E-state index in [-0.39, 0.29) is 23.6 Å². The van der Waals surface area contributed by atoms with E-state index in [2.05, 4.69) is 20.0 Å². The highest BCUT2D eigenvalue weighted by Crippen LogP contribution is 2.27. The summed E-state index contributed by atoms with van der Waals surface area (Å²) in [6, 6.07) is 5.73. The van der Waals surface area contributed by atoms with Crippen LogP contribution < -0.4 is 16.1 Å². The van der Waals surface area contributed by atoms with Gasteiger partial charge in [0.05, 0.1) is 23.4 Å². The molecule has 5 rings (SSSR count). The number of anilines is 1. The molecule has 0 aromatic carbocycles. The Hall–Kier alpha value is -4.22. The molecule has 0 atom stereocenters. The number of aryl methyl sites for hydroxylation is 2. The van der Waals surface area contributed by atoms with Gasteiger partial charge >= 0.3 is 5.69 Å². The van der Waals surface area contributed by atoms with Gasteiger partial charge in [-0.05, 0) is 26.0 Å². The Morgan fingerprint density at radius 1 is 1.00 bits per heavy atom. The number of hydrogen-bond donors (Lipinski definition) is 0. The summed E-state index contributed by atoms with van der Waals surface area (Å²) in [5, 5.41) is 4.68. The van der Waals surface area contributed by atoms with Gasteiger partial charge in [0.15, 0.2) is 17.0 Å². The van der Waals surface area contributed by atoms with Gasteiger partial charge in [-0.1, -0.05) is 6.07 Å². The van der Waals surface area contributed by atoms with Gasteiger partial charge in [0.1, 0.15) is 6.54 Å². The zero-order valence-corrected chi connectivity index (χ0v) is 20.2. The second kappa shape index (κ2) is 8.53. The monoisotopic (exact) mass is 477 g/mol. The number of nitrogens with zero attached hydrogens (tertiary/aromatic N) is 9. The predicted molar refractivity (Wildman–Crippen MR) is 130 cm³/mol. The van der Waals surface area contributed by atoms with E-state index in [1.165, 1.54) is 22.5 Å². The average molecular weight is 478 g/mol. The molecule has 0 saturated carbocycles. The largest absolute Gasteiger partial charge is 0.365 e. The first kappa shape index (κ1) is 22.6. The Labute approximate surface area is 200 Å². The molecule has 0 unspecified atom stereocenters. The summed E-state index contributed by atoms with van der Waals surface area (Å²) in [4.78, 5) is 50.5. The molecule has 0 spiro atoms. The Morgan fingerprint density at radius 3 is 2.43 bits per heavy atom. The van der Waals surface area contributed by atoms with Crippen LogP contribution >= 0.6 is 0 Å². The van der Waals surface area contributed by atoms with Crippen LogP contribution in [0.4, 0.5) is 5.69 Å². The van der Waals surface area contributed by atoms with Gasteiger partial charge in [0, 0.05) is 46.5 Å². The fourth-order valence-corrected chi connectivity index (χ4v) is 4.74. The third kappa shape index (κ3) is 3.70. The van der Waals surface area contributed by atoms with Crippen LogP contribution in [0.15, 0.2) is 40.3 Å². The van der Waals surface area contributed by atoms with E-state index in [0.29, 0.717) is 26.2 Å². The second-order valence-electron chi connectivity index (χ2n) is 8.74. The maximum absolute atomic E-state index is 13.1. The van der Waals surface area contributed by atoms with Crippen LogP contribution in [-0.2, 0) is 25.4 Å². The summed E-state index contributed by atoms with van der Waals surface area (Å²) >= 11 is 0. The minimum atomic E-state index is -0.464. The van der Waals surface area contributed by atoms with Crippen molar-refractivity contribution in [2.75, 3.05) is 31.1 Å². The molecule has 4 aromatic rings. The van der Waals surface area contributed by atoms with Gasteiger partial charge in [-0.2, -0.15) is 5.10 Å². The molecule has 12 nitrogen and oxygen atoms in total.